The third-order valence-corrected chi connectivity index (χ3v) is 1.39. The van der Waals surface area contributed by atoms with Gasteiger partial charge in [-0.25, -0.2) is 4.98 Å². The first-order chi connectivity index (χ1) is 6.91. The predicted molar refractivity (Wildman–Crippen MR) is 67.3 cm³/mol. The highest BCUT2D eigenvalue weighted by Gasteiger charge is 2.16. The van der Waals surface area contributed by atoms with Crippen molar-refractivity contribution in [1.29, 1.82) is 0 Å². The number of nitrogens with zero attached hydrogens (tertiary/aromatic N) is 1. The number of oxazole rings is 1. The highest BCUT2D eigenvalue weighted by molar-refractivity contribution is 5.07. The van der Waals surface area contributed by atoms with Gasteiger partial charge in [-0.2, -0.15) is 0 Å². The lowest BCUT2D eigenvalue weighted by atomic mass is 9.93. The standard InChI is InChI=1S/C8H13NO.C3H8.C2H6/c1-6-9-7(5-10-6)8(2,3)4;1-3-2;1-2/h5H,1-4H3;3H2,1-2H3;1-2H3. The molecule has 2 nitrogen and oxygen atoms in total. The molecule has 1 aromatic heterocycles. The minimum Gasteiger partial charge on any atom is -0.449 e. The minimum absolute atomic E-state index is 0.109. The summed E-state index contributed by atoms with van der Waals surface area (Å²) in [7, 11) is 0. The first-order valence-electron chi connectivity index (χ1n) is 5.84. The van der Waals surface area contributed by atoms with Crippen molar-refractivity contribution < 1.29 is 4.42 Å². The topological polar surface area (TPSA) is 26.0 Å². The molecule has 0 saturated heterocycles. The van der Waals surface area contributed by atoms with Crippen LogP contribution in [0, 0.1) is 6.92 Å². The quantitative estimate of drug-likeness (QED) is 0.623. The molecular formula is C13H27NO. The number of hydrogen-bond donors (Lipinski definition) is 0. The Bertz CT molecular complexity index is 233. The molecule has 2 heteroatoms. The van der Waals surface area contributed by atoms with Crippen LogP contribution in [0.15, 0.2) is 10.7 Å². The average Bonchev–Trinajstić information content (AvgIpc) is 2.56. The van der Waals surface area contributed by atoms with E-state index in [1.165, 1.54) is 6.42 Å². The summed E-state index contributed by atoms with van der Waals surface area (Å²) in [6, 6.07) is 0. The SMILES string of the molecule is CC.CCC.Cc1nc(C(C)(C)C)co1. The summed E-state index contributed by atoms with van der Waals surface area (Å²) >= 11 is 0. The Balaban J connectivity index is 0. The van der Waals surface area contributed by atoms with Crippen LogP contribution in [0.25, 0.3) is 0 Å². The van der Waals surface area contributed by atoms with E-state index < -0.39 is 0 Å². The van der Waals surface area contributed by atoms with Crippen molar-refractivity contribution in [3.8, 4) is 0 Å². The van der Waals surface area contributed by atoms with Crippen LogP contribution in [0.2, 0.25) is 0 Å². The maximum atomic E-state index is 5.08. The van der Waals surface area contributed by atoms with Crippen molar-refractivity contribution in [3.63, 3.8) is 0 Å². The Hall–Kier alpha value is -0.790. The van der Waals surface area contributed by atoms with Crippen molar-refractivity contribution in [2.75, 3.05) is 0 Å². The Labute approximate surface area is 95.1 Å². The normalized spacial score (nSPS) is 9.60. The number of aromatic nitrogens is 1. The fraction of sp³-hybridized carbons (Fsp3) is 0.769. The van der Waals surface area contributed by atoms with Gasteiger partial charge in [-0.3, -0.25) is 0 Å². The molecule has 0 amide bonds. The van der Waals surface area contributed by atoms with E-state index in [-0.39, 0.29) is 5.41 Å². The van der Waals surface area contributed by atoms with Gasteiger partial charge in [0, 0.05) is 12.3 Å². The van der Waals surface area contributed by atoms with Crippen LogP contribution < -0.4 is 0 Å². The minimum atomic E-state index is 0.109. The summed E-state index contributed by atoms with van der Waals surface area (Å²) in [6.07, 6.45) is 2.97. The van der Waals surface area contributed by atoms with Gasteiger partial charge in [-0.1, -0.05) is 54.9 Å². The van der Waals surface area contributed by atoms with Gasteiger partial charge in [-0.05, 0) is 0 Å². The van der Waals surface area contributed by atoms with Gasteiger partial charge in [0.05, 0.1) is 5.69 Å². The van der Waals surface area contributed by atoms with E-state index in [9.17, 15) is 0 Å². The van der Waals surface area contributed by atoms with E-state index in [2.05, 4.69) is 39.6 Å². The van der Waals surface area contributed by atoms with Gasteiger partial charge < -0.3 is 4.42 Å². The maximum Gasteiger partial charge on any atom is 0.191 e. The summed E-state index contributed by atoms with van der Waals surface area (Å²) in [5.74, 6) is 0.741. The second kappa shape index (κ2) is 8.51. The van der Waals surface area contributed by atoms with Crippen LogP contribution in [0.1, 0.15) is 66.5 Å². The monoisotopic (exact) mass is 213 g/mol. The maximum absolute atomic E-state index is 5.08. The number of aryl methyl sites for hydroxylation is 1. The van der Waals surface area contributed by atoms with E-state index >= 15 is 0 Å². The lowest BCUT2D eigenvalue weighted by Crippen LogP contribution is -2.11. The molecule has 0 fully saturated rings. The zero-order valence-corrected chi connectivity index (χ0v) is 11.6. The van der Waals surface area contributed by atoms with Gasteiger partial charge in [0.25, 0.3) is 0 Å². The first kappa shape index (κ1) is 16.6. The van der Waals surface area contributed by atoms with E-state index in [1.807, 2.05) is 20.8 Å². The molecule has 0 aliphatic rings. The molecule has 0 unspecified atom stereocenters. The van der Waals surface area contributed by atoms with Crippen LogP contribution in [0.4, 0.5) is 0 Å². The smallest absolute Gasteiger partial charge is 0.191 e. The van der Waals surface area contributed by atoms with Crippen LogP contribution in [0.3, 0.4) is 0 Å². The molecular weight excluding hydrogens is 186 g/mol. The fourth-order valence-electron chi connectivity index (χ4n) is 0.708. The molecule has 0 aliphatic carbocycles. The van der Waals surface area contributed by atoms with Crippen molar-refractivity contribution in [2.45, 2.75) is 67.2 Å². The molecule has 0 radical (unpaired) electrons. The van der Waals surface area contributed by atoms with Crippen LogP contribution in [-0.2, 0) is 5.41 Å². The molecule has 0 aliphatic heterocycles. The van der Waals surface area contributed by atoms with Gasteiger partial charge in [-0.15, -0.1) is 0 Å². The molecule has 90 valence electrons. The molecule has 1 heterocycles. The van der Waals surface area contributed by atoms with Crippen LogP contribution >= 0.6 is 0 Å². The summed E-state index contributed by atoms with van der Waals surface area (Å²) in [5.41, 5.74) is 1.13. The highest BCUT2D eigenvalue weighted by Crippen LogP contribution is 2.20. The highest BCUT2D eigenvalue weighted by atomic mass is 16.3. The molecule has 0 N–H and O–H groups in total. The van der Waals surface area contributed by atoms with Crippen molar-refractivity contribution in [1.82, 2.24) is 4.98 Å². The van der Waals surface area contributed by atoms with Gasteiger partial charge >= 0.3 is 0 Å². The second-order valence-electron chi connectivity index (χ2n) is 4.21. The van der Waals surface area contributed by atoms with Crippen LogP contribution in [0.5, 0.6) is 0 Å². The van der Waals surface area contributed by atoms with Gasteiger partial charge in [0.1, 0.15) is 6.26 Å². The summed E-state index contributed by atoms with van der Waals surface area (Å²) in [6.45, 7) is 16.5. The number of rotatable bonds is 0. The lowest BCUT2D eigenvalue weighted by molar-refractivity contribution is 0.514. The molecule has 0 aromatic carbocycles. The zero-order chi connectivity index (χ0) is 12.5. The van der Waals surface area contributed by atoms with Crippen LogP contribution in [-0.4, -0.2) is 4.98 Å². The van der Waals surface area contributed by atoms with Crippen molar-refractivity contribution in [2.24, 2.45) is 0 Å². The average molecular weight is 213 g/mol. The Morgan fingerprint density at radius 2 is 1.60 bits per heavy atom. The second-order valence-corrected chi connectivity index (χ2v) is 4.21. The molecule has 1 rings (SSSR count). The summed E-state index contributed by atoms with van der Waals surface area (Å²) in [5, 5.41) is 0. The van der Waals surface area contributed by atoms with Gasteiger partial charge in [0.15, 0.2) is 5.89 Å². The van der Waals surface area contributed by atoms with Crippen molar-refractivity contribution in [3.05, 3.63) is 17.8 Å². The summed E-state index contributed by atoms with van der Waals surface area (Å²) < 4.78 is 5.08. The predicted octanol–water partition coefficient (Wildman–Crippen LogP) is 4.72. The van der Waals surface area contributed by atoms with E-state index in [0.717, 1.165) is 11.6 Å². The van der Waals surface area contributed by atoms with Crippen molar-refractivity contribution >= 4 is 0 Å². The number of hydrogen-bond acceptors (Lipinski definition) is 2. The van der Waals surface area contributed by atoms with E-state index in [1.54, 1.807) is 6.26 Å². The first-order valence-corrected chi connectivity index (χ1v) is 5.84. The van der Waals surface area contributed by atoms with Gasteiger partial charge in [0.2, 0.25) is 0 Å². The zero-order valence-electron chi connectivity index (χ0n) is 11.6. The molecule has 0 saturated carbocycles. The molecule has 0 bridgehead atoms. The lowest BCUT2D eigenvalue weighted by Gasteiger charge is -2.12. The van der Waals surface area contributed by atoms with E-state index in [0.29, 0.717) is 0 Å². The third-order valence-electron chi connectivity index (χ3n) is 1.39. The Kier molecular flexibility index (Phi) is 9.44. The largest absolute Gasteiger partial charge is 0.449 e. The Morgan fingerprint density at radius 1 is 1.20 bits per heavy atom. The fourth-order valence-corrected chi connectivity index (χ4v) is 0.708. The molecule has 0 spiro atoms. The molecule has 0 atom stereocenters. The van der Waals surface area contributed by atoms with E-state index in [4.69, 9.17) is 4.42 Å². The summed E-state index contributed by atoms with van der Waals surface area (Å²) in [4.78, 5) is 4.22. The molecule has 1 aromatic rings. The molecule has 15 heavy (non-hydrogen) atoms. The Morgan fingerprint density at radius 3 is 1.73 bits per heavy atom. The third kappa shape index (κ3) is 8.22.